The fourth-order valence-corrected chi connectivity index (χ4v) is 5.08. The second-order valence-electron chi connectivity index (χ2n) is 12.3. The molecular formula is C33H36O8. The zero-order chi connectivity index (χ0) is 30.4. The molecule has 0 bridgehead atoms. The summed E-state index contributed by atoms with van der Waals surface area (Å²) < 4.78 is 11.2. The molecule has 3 aromatic carbocycles. The van der Waals surface area contributed by atoms with Gasteiger partial charge in [-0.2, -0.15) is 0 Å². The summed E-state index contributed by atoms with van der Waals surface area (Å²) in [7, 11) is 1.23. The first-order valence-electron chi connectivity index (χ1n) is 13.3. The number of aromatic hydroxyl groups is 4. The monoisotopic (exact) mass is 560 g/mol. The average Bonchev–Trinajstić information content (AvgIpc) is 2.90. The van der Waals surface area contributed by atoms with E-state index in [0.29, 0.717) is 22.3 Å². The predicted molar refractivity (Wildman–Crippen MR) is 157 cm³/mol. The number of rotatable bonds is 5. The third-order valence-corrected chi connectivity index (χ3v) is 7.29. The maximum absolute atomic E-state index is 13.3. The smallest absolute Gasteiger partial charge is 0.306 e. The van der Waals surface area contributed by atoms with Gasteiger partial charge in [0.25, 0.3) is 0 Å². The van der Waals surface area contributed by atoms with Crippen molar-refractivity contribution >= 4 is 16.9 Å². The summed E-state index contributed by atoms with van der Waals surface area (Å²) in [5, 5.41) is 43.7. The molecule has 0 saturated carbocycles. The van der Waals surface area contributed by atoms with E-state index >= 15 is 0 Å². The fourth-order valence-electron chi connectivity index (χ4n) is 5.08. The molecule has 1 heterocycles. The molecule has 4 N–H and O–H groups in total. The van der Waals surface area contributed by atoms with Crippen LogP contribution in [0.15, 0.2) is 57.7 Å². The van der Waals surface area contributed by atoms with Gasteiger partial charge in [0.05, 0.1) is 13.5 Å². The van der Waals surface area contributed by atoms with Crippen LogP contribution in [0.5, 0.6) is 23.0 Å². The van der Waals surface area contributed by atoms with E-state index in [9.17, 15) is 30.0 Å². The zero-order valence-corrected chi connectivity index (χ0v) is 24.3. The van der Waals surface area contributed by atoms with Crippen molar-refractivity contribution in [2.45, 2.75) is 64.7 Å². The highest BCUT2D eigenvalue weighted by Gasteiger charge is 2.34. The minimum absolute atomic E-state index is 0.0685. The number of benzene rings is 3. The third kappa shape index (κ3) is 5.46. The molecule has 1 unspecified atom stereocenters. The van der Waals surface area contributed by atoms with E-state index in [4.69, 9.17) is 9.15 Å². The molecule has 1 atom stereocenters. The Kier molecular flexibility index (Phi) is 7.56. The van der Waals surface area contributed by atoms with Gasteiger partial charge in [-0.1, -0.05) is 84.0 Å². The maximum Gasteiger partial charge on any atom is 0.306 e. The molecule has 0 amide bonds. The first-order valence-corrected chi connectivity index (χ1v) is 13.3. The van der Waals surface area contributed by atoms with Gasteiger partial charge >= 0.3 is 5.97 Å². The number of phenols is 4. The Morgan fingerprint density at radius 2 is 1.39 bits per heavy atom. The molecule has 4 aromatic rings. The SMILES string of the molecule is COC(=O)CC(c1cc(C(C)(C)C)c(O)c(C(C)(C)C)c1)c1c(O)c(O)c(O)c2c(=O)cc(-c3ccccc3)oc12. The number of ether oxygens (including phenoxy) is 1. The number of methoxy groups -OCH3 is 1. The molecule has 0 fully saturated rings. The molecule has 0 radical (unpaired) electrons. The average molecular weight is 561 g/mol. The summed E-state index contributed by atoms with van der Waals surface area (Å²) in [4.78, 5) is 26.1. The van der Waals surface area contributed by atoms with Crippen LogP contribution in [0.3, 0.4) is 0 Å². The predicted octanol–water partition coefficient (Wildman–Crippen LogP) is 6.57. The Hall–Kier alpha value is -4.46. The first-order chi connectivity index (χ1) is 19.1. The highest BCUT2D eigenvalue weighted by atomic mass is 16.5. The molecule has 0 saturated heterocycles. The van der Waals surface area contributed by atoms with Crippen molar-refractivity contribution in [1.82, 2.24) is 0 Å². The van der Waals surface area contributed by atoms with Crippen LogP contribution in [-0.2, 0) is 20.4 Å². The van der Waals surface area contributed by atoms with Gasteiger partial charge in [-0.15, -0.1) is 0 Å². The molecular weight excluding hydrogens is 524 g/mol. The van der Waals surface area contributed by atoms with E-state index in [0.717, 1.165) is 0 Å². The number of fused-ring (bicyclic) bond motifs is 1. The lowest BCUT2D eigenvalue weighted by atomic mass is 9.75. The lowest BCUT2D eigenvalue weighted by Gasteiger charge is -2.30. The van der Waals surface area contributed by atoms with Crippen LogP contribution in [0.2, 0.25) is 0 Å². The van der Waals surface area contributed by atoms with E-state index in [1.54, 1.807) is 42.5 Å². The maximum atomic E-state index is 13.3. The molecule has 8 nitrogen and oxygen atoms in total. The van der Waals surface area contributed by atoms with E-state index in [1.807, 2.05) is 41.5 Å². The van der Waals surface area contributed by atoms with Crippen LogP contribution < -0.4 is 5.43 Å². The minimum atomic E-state index is -1.01. The Morgan fingerprint density at radius 3 is 1.90 bits per heavy atom. The van der Waals surface area contributed by atoms with E-state index < -0.39 is 45.4 Å². The van der Waals surface area contributed by atoms with E-state index in [-0.39, 0.29) is 34.5 Å². The molecule has 41 heavy (non-hydrogen) atoms. The molecule has 1 aromatic heterocycles. The lowest BCUT2D eigenvalue weighted by molar-refractivity contribution is -0.140. The minimum Gasteiger partial charge on any atom is -0.507 e. The quantitative estimate of drug-likeness (QED) is 0.159. The van der Waals surface area contributed by atoms with Crippen LogP contribution in [0.4, 0.5) is 0 Å². The topological polar surface area (TPSA) is 137 Å². The van der Waals surface area contributed by atoms with Crippen LogP contribution in [0, 0.1) is 0 Å². The van der Waals surface area contributed by atoms with Crippen molar-refractivity contribution in [3.63, 3.8) is 0 Å². The van der Waals surface area contributed by atoms with Crippen molar-refractivity contribution in [2.24, 2.45) is 0 Å². The van der Waals surface area contributed by atoms with Crippen LogP contribution in [0.1, 0.15) is 76.1 Å². The van der Waals surface area contributed by atoms with Gasteiger partial charge in [0.1, 0.15) is 22.5 Å². The molecule has 0 aliphatic carbocycles. The van der Waals surface area contributed by atoms with Gasteiger partial charge in [0.15, 0.2) is 16.9 Å². The molecule has 8 heteroatoms. The second kappa shape index (κ2) is 10.5. The van der Waals surface area contributed by atoms with Crippen molar-refractivity contribution < 1.29 is 34.4 Å². The number of carbonyl (C=O) groups is 1. The number of carbonyl (C=O) groups excluding carboxylic acids is 1. The van der Waals surface area contributed by atoms with Gasteiger partial charge in [-0.05, 0) is 27.5 Å². The molecule has 0 aliphatic rings. The van der Waals surface area contributed by atoms with Crippen molar-refractivity contribution in [1.29, 1.82) is 0 Å². The van der Waals surface area contributed by atoms with Crippen LogP contribution in [0.25, 0.3) is 22.3 Å². The number of hydrogen-bond acceptors (Lipinski definition) is 8. The third-order valence-electron chi connectivity index (χ3n) is 7.29. The highest BCUT2D eigenvalue weighted by Crippen LogP contribution is 2.51. The van der Waals surface area contributed by atoms with Crippen molar-refractivity contribution in [2.75, 3.05) is 7.11 Å². The molecule has 0 aliphatic heterocycles. The van der Waals surface area contributed by atoms with E-state index in [1.165, 1.54) is 13.2 Å². The summed E-state index contributed by atoms with van der Waals surface area (Å²) >= 11 is 0. The lowest BCUT2D eigenvalue weighted by Crippen LogP contribution is -2.20. The standard InChI is InChI=1S/C33H36O8/c1-32(2,3)20-13-18(14-21(27(20)36)33(4,5)6)19(15-24(35)40-7)25-28(37)30(39)29(38)26-22(34)16-23(41-31(25)26)17-11-9-8-10-12-17/h8-14,16,19,36-39H,15H2,1-7H3. The normalized spacial score (nSPS) is 12.9. The Labute approximate surface area is 238 Å². The molecule has 216 valence electrons. The van der Waals surface area contributed by atoms with Crippen LogP contribution in [-0.4, -0.2) is 33.5 Å². The van der Waals surface area contributed by atoms with Crippen molar-refractivity contribution in [3.8, 4) is 34.3 Å². The fraction of sp³-hybridized carbons (Fsp3) is 0.333. The summed E-state index contributed by atoms with van der Waals surface area (Å²) in [5.41, 5.74) is 0.380. The first kappa shape index (κ1) is 29.5. The Morgan fingerprint density at radius 1 is 0.829 bits per heavy atom. The largest absolute Gasteiger partial charge is 0.507 e. The Bertz CT molecular complexity index is 1650. The molecule has 0 spiro atoms. The van der Waals surface area contributed by atoms with Gasteiger partial charge in [0.2, 0.25) is 5.75 Å². The zero-order valence-electron chi connectivity index (χ0n) is 24.3. The summed E-state index contributed by atoms with van der Waals surface area (Å²) in [5.74, 6) is -3.82. The van der Waals surface area contributed by atoms with Crippen LogP contribution >= 0.6 is 0 Å². The van der Waals surface area contributed by atoms with Gasteiger partial charge in [-0.25, -0.2) is 0 Å². The van der Waals surface area contributed by atoms with E-state index in [2.05, 4.69) is 0 Å². The van der Waals surface area contributed by atoms with Crippen molar-refractivity contribution in [3.05, 3.63) is 81.0 Å². The molecule has 4 rings (SSSR count). The number of phenolic OH excluding ortho intramolecular Hbond substituents is 4. The summed E-state index contributed by atoms with van der Waals surface area (Å²) in [6.45, 7) is 11.7. The number of hydrogen-bond donors (Lipinski definition) is 4. The second-order valence-corrected chi connectivity index (χ2v) is 12.3. The summed E-state index contributed by atoms with van der Waals surface area (Å²) in [6, 6.07) is 13.5. The Balaban J connectivity index is 2.17. The van der Waals surface area contributed by atoms with Gasteiger partial charge < -0.3 is 29.6 Å². The number of esters is 1. The summed E-state index contributed by atoms with van der Waals surface area (Å²) in [6.07, 6.45) is -0.305. The van der Waals surface area contributed by atoms with Gasteiger partial charge in [-0.3, -0.25) is 9.59 Å². The highest BCUT2D eigenvalue weighted by molar-refractivity contribution is 5.93. The van der Waals surface area contributed by atoms with Gasteiger partial charge in [0, 0.05) is 23.1 Å².